The van der Waals surface area contributed by atoms with Crippen LogP contribution in [0.4, 0.5) is 5.82 Å². The van der Waals surface area contributed by atoms with E-state index in [9.17, 15) is 9.59 Å². The summed E-state index contributed by atoms with van der Waals surface area (Å²) in [5, 5.41) is 12.1. The molecule has 0 aliphatic carbocycles. The number of benzene rings is 1. The summed E-state index contributed by atoms with van der Waals surface area (Å²) in [6.07, 6.45) is 2.95. The molecule has 0 atom stereocenters. The van der Waals surface area contributed by atoms with Gasteiger partial charge in [-0.3, -0.25) is 14.3 Å². The molecule has 0 unspecified atom stereocenters. The predicted molar refractivity (Wildman–Crippen MR) is 86.3 cm³/mol. The van der Waals surface area contributed by atoms with Crippen LogP contribution in [-0.2, 0) is 13.0 Å². The first-order valence-corrected chi connectivity index (χ1v) is 7.43. The van der Waals surface area contributed by atoms with Crippen molar-refractivity contribution < 1.29 is 5.11 Å². The van der Waals surface area contributed by atoms with E-state index in [2.05, 4.69) is 22.4 Å². The van der Waals surface area contributed by atoms with Gasteiger partial charge in [-0.05, 0) is 24.8 Å². The lowest BCUT2D eigenvalue weighted by Gasteiger charge is -2.12. The number of aliphatic hydroxyl groups is 1. The maximum Gasteiger partial charge on any atom is 0.329 e. The number of anilines is 1. The molecule has 0 saturated carbocycles. The molecule has 22 heavy (non-hydrogen) atoms. The molecule has 6 nitrogen and oxygen atoms in total. The van der Waals surface area contributed by atoms with Crippen molar-refractivity contribution in [3.05, 3.63) is 62.8 Å². The molecule has 2 aromatic rings. The van der Waals surface area contributed by atoms with Crippen LogP contribution in [0.5, 0.6) is 0 Å². The number of hydrogen-bond acceptors (Lipinski definition) is 4. The maximum atomic E-state index is 11.7. The zero-order chi connectivity index (χ0) is 15.8. The second kappa shape index (κ2) is 8.19. The van der Waals surface area contributed by atoms with Gasteiger partial charge in [-0.2, -0.15) is 0 Å². The molecule has 0 saturated heterocycles. The minimum absolute atomic E-state index is 0.155. The summed E-state index contributed by atoms with van der Waals surface area (Å²) in [6, 6.07) is 11.6. The van der Waals surface area contributed by atoms with Crippen LogP contribution < -0.4 is 16.6 Å². The van der Waals surface area contributed by atoms with E-state index in [1.165, 1.54) is 16.2 Å². The second-order valence-corrected chi connectivity index (χ2v) is 5.07. The first kappa shape index (κ1) is 16.0. The van der Waals surface area contributed by atoms with Gasteiger partial charge in [-0.15, -0.1) is 0 Å². The Morgan fingerprint density at radius 3 is 2.64 bits per heavy atom. The number of nitrogens with zero attached hydrogens (tertiary/aromatic N) is 1. The zero-order valence-corrected chi connectivity index (χ0v) is 12.4. The minimum Gasteiger partial charge on any atom is -0.395 e. The first-order chi connectivity index (χ1) is 10.7. The molecular formula is C16H21N3O3. The van der Waals surface area contributed by atoms with Crippen molar-refractivity contribution in [2.75, 3.05) is 18.5 Å². The van der Waals surface area contributed by atoms with E-state index in [0.29, 0.717) is 12.4 Å². The molecule has 2 rings (SSSR count). The Morgan fingerprint density at radius 2 is 1.91 bits per heavy atom. The van der Waals surface area contributed by atoms with Crippen LogP contribution in [-0.4, -0.2) is 27.8 Å². The lowest BCUT2D eigenvalue weighted by atomic mass is 10.1. The molecule has 0 aliphatic rings. The monoisotopic (exact) mass is 303 g/mol. The fraction of sp³-hybridized carbons (Fsp3) is 0.375. The Hall–Kier alpha value is -2.34. The standard InChI is InChI=1S/C16H21N3O3/c20-11-10-19-14(12-15(21)18-16(19)22)17-9-5-4-8-13-6-2-1-3-7-13/h1-3,6-7,12,17,20H,4-5,8-11H2,(H,18,21,22). The summed E-state index contributed by atoms with van der Waals surface area (Å²) in [5.74, 6) is 0.447. The van der Waals surface area contributed by atoms with E-state index >= 15 is 0 Å². The Morgan fingerprint density at radius 1 is 1.14 bits per heavy atom. The van der Waals surface area contributed by atoms with Gasteiger partial charge in [0.2, 0.25) is 0 Å². The summed E-state index contributed by atoms with van der Waals surface area (Å²) in [5.41, 5.74) is 0.357. The molecule has 1 aromatic heterocycles. The van der Waals surface area contributed by atoms with Crippen LogP contribution in [0.25, 0.3) is 0 Å². The Balaban J connectivity index is 1.86. The summed E-state index contributed by atoms with van der Waals surface area (Å²) < 4.78 is 1.33. The number of nitrogens with one attached hydrogen (secondary N) is 2. The molecular weight excluding hydrogens is 282 g/mol. The molecule has 1 aromatic carbocycles. The number of aromatic amines is 1. The number of aromatic nitrogens is 2. The maximum absolute atomic E-state index is 11.7. The highest BCUT2D eigenvalue weighted by atomic mass is 16.3. The van der Waals surface area contributed by atoms with Crippen molar-refractivity contribution in [1.82, 2.24) is 9.55 Å². The smallest absolute Gasteiger partial charge is 0.329 e. The number of hydrogen-bond donors (Lipinski definition) is 3. The third kappa shape index (κ3) is 4.60. The fourth-order valence-electron chi connectivity index (χ4n) is 2.30. The summed E-state index contributed by atoms with van der Waals surface area (Å²) in [7, 11) is 0. The number of aliphatic hydroxyl groups excluding tert-OH is 1. The average Bonchev–Trinajstić information content (AvgIpc) is 2.51. The van der Waals surface area contributed by atoms with Gasteiger partial charge in [0, 0.05) is 12.6 Å². The van der Waals surface area contributed by atoms with Crippen molar-refractivity contribution in [2.24, 2.45) is 0 Å². The first-order valence-electron chi connectivity index (χ1n) is 7.43. The van der Waals surface area contributed by atoms with Crippen LogP contribution in [0.3, 0.4) is 0 Å². The molecule has 6 heteroatoms. The fourth-order valence-corrected chi connectivity index (χ4v) is 2.30. The van der Waals surface area contributed by atoms with Gasteiger partial charge < -0.3 is 10.4 Å². The highest BCUT2D eigenvalue weighted by Gasteiger charge is 2.04. The lowest BCUT2D eigenvalue weighted by molar-refractivity contribution is 0.274. The van der Waals surface area contributed by atoms with Gasteiger partial charge in [0.1, 0.15) is 5.82 Å². The van der Waals surface area contributed by atoms with Gasteiger partial charge >= 0.3 is 5.69 Å². The highest BCUT2D eigenvalue weighted by molar-refractivity contribution is 5.33. The average molecular weight is 303 g/mol. The van der Waals surface area contributed by atoms with Crippen LogP contribution in [0.15, 0.2) is 46.0 Å². The van der Waals surface area contributed by atoms with E-state index in [0.717, 1.165) is 19.3 Å². The Bertz CT molecular complexity index is 692. The van der Waals surface area contributed by atoms with Crippen molar-refractivity contribution in [2.45, 2.75) is 25.8 Å². The van der Waals surface area contributed by atoms with E-state index < -0.39 is 11.2 Å². The van der Waals surface area contributed by atoms with Crippen molar-refractivity contribution >= 4 is 5.82 Å². The van der Waals surface area contributed by atoms with Crippen molar-refractivity contribution in [3.63, 3.8) is 0 Å². The highest BCUT2D eigenvalue weighted by Crippen LogP contribution is 2.06. The second-order valence-electron chi connectivity index (χ2n) is 5.07. The third-order valence-electron chi connectivity index (χ3n) is 3.40. The van der Waals surface area contributed by atoms with Crippen LogP contribution in [0.2, 0.25) is 0 Å². The van der Waals surface area contributed by atoms with Crippen LogP contribution in [0.1, 0.15) is 18.4 Å². The number of unbranched alkanes of at least 4 members (excludes halogenated alkanes) is 1. The van der Waals surface area contributed by atoms with Gasteiger partial charge in [0.25, 0.3) is 5.56 Å². The van der Waals surface area contributed by atoms with Gasteiger partial charge in [0.15, 0.2) is 0 Å². The Labute approximate surface area is 128 Å². The normalized spacial score (nSPS) is 10.6. The Kier molecular flexibility index (Phi) is 5.97. The summed E-state index contributed by atoms with van der Waals surface area (Å²) in [6.45, 7) is 0.664. The summed E-state index contributed by atoms with van der Waals surface area (Å²) in [4.78, 5) is 25.2. The van der Waals surface area contributed by atoms with Crippen LogP contribution in [0, 0.1) is 0 Å². The van der Waals surface area contributed by atoms with Gasteiger partial charge in [-0.1, -0.05) is 30.3 Å². The molecule has 0 fully saturated rings. The SMILES string of the molecule is O=c1cc(NCCCCc2ccccc2)n(CCO)c(=O)[nH]1. The predicted octanol–water partition coefficient (Wildman–Crippen LogP) is 0.964. The molecule has 0 bridgehead atoms. The van der Waals surface area contributed by atoms with E-state index in [-0.39, 0.29) is 13.2 Å². The topological polar surface area (TPSA) is 87.1 Å². The molecule has 0 amide bonds. The van der Waals surface area contributed by atoms with E-state index in [1.807, 2.05) is 18.2 Å². The molecule has 1 heterocycles. The summed E-state index contributed by atoms with van der Waals surface area (Å²) >= 11 is 0. The molecule has 0 spiro atoms. The van der Waals surface area contributed by atoms with Crippen molar-refractivity contribution in [3.8, 4) is 0 Å². The number of rotatable bonds is 8. The quantitative estimate of drug-likeness (QED) is 0.634. The lowest BCUT2D eigenvalue weighted by Crippen LogP contribution is -2.32. The van der Waals surface area contributed by atoms with Gasteiger partial charge in [-0.25, -0.2) is 4.79 Å². The number of aryl methyl sites for hydroxylation is 1. The molecule has 118 valence electrons. The third-order valence-corrected chi connectivity index (χ3v) is 3.40. The zero-order valence-electron chi connectivity index (χ0n) is 12.4. The molecule has 0 aliphatic heterocycles. The minimum atomic E-state index is -0.506. The molecule has 3 N–H and O–H groups in total. The van der Waals surface area contributed by atoms with E-state index in [4.69, 9.17) is 5.11 Å². The van der Waals surface area contributed by atoms with Crippen LogP contribution >= 0.6 is 0 Å². The molecule has 0 radical (unpaired) electrons. The largest absolute Gasteiger partial charge is 0.395 e. The van der Waals surface area contributed by atoms with Gasteiger partial charge in [0.05, 0.1) is 13.2 Å². The van der Waals surface area contributed by atoms with E-state index in [1.54, 1.807) is 0 Å². The van der Waals surface area contributed by atoms with Crippen molar-refractivity contribution in [1.29, 1.82) is 0 Å². The number of H-pyrrole nitrogens is 1.